The molecule has 102 valence electrons. The van der Waals surface area contributed by atoms with Crippen molar-refractivity contribution in [3.63, 3.8) is 0 Å². The van der Waals surface area contributed by atoms with Crippen molar-refractivity contribution in [2.24, 2.45) is 5.73 Å². The highest BCUT2D eigenvalue weighted by atomic mass is 32.2. The van der Waals surface area contributed by atoms with Gasteiger partial charge >= 0.3 is 0 Å². The summed E-state index contributed by atoms with van der Waals surface area (Å²) in [6.45, 7) is 2.53. The molecule has 2 N–H and O–H groups in total. The summed E-state index contributed by atoms with van der Waals surface area (Å²) in [5.74, 6) is 2.20. The van der Waals surface area contributed by atoms with Crippen LogP contribution in [0.3, 0.4) is 0 Å². The molecule has 2 aromatic carbocycles. The van der Waals surface area contributed by atoms with Gasteiger partial charge in [-0.1, -0.05) is 25.1 Å². The Morgan fingerprint density at radius 1 is 1.25 bits per heavy atom. The first-order valence-electron chi connectivity index (χ1n) is 6.41. The molecule has 0 radical (unpaired) electrons. The highest BCUT2D eigenvalue weighted by molar-refractivity contribution is 7.99. The number of nitriles is 1. The molecule has 0 heterocycles. The smallest absolute Gasteiger partial charge is 0.146 e. The lowest BCUT2D eigenvalue weighted by Crippen LogP contribution is -1.96. The van der Waals surface area contributed by atoms with Crippen LogP contribution in [0.1, 0.15) is 18.1 Å². The maximum absolute atomic E-state index is 9.34. The van der Waals surface area contributed by atoms with Crippen LogP contribution in [0.4, 0.5) is 0 Å². The van der Waals surface area contributed by atoms with Gasteiger partial charge in [-0.05, 0) is 35.6 Å². The lowest BCUT2D eigenvalue weighted by Gasteiger charge is -2.10. The van der Waals surface area contributed by atoms with Gasteiger partial charge in [0, 0.05) is 11.4 Å². The van der Waals surface area contributed by atoms with Crippen molar-refractivity contribution < 1.29 is 4.74 Å². The van der Waals surface area contributed by atoms with Gasteiger partial charge in [0.2, 0.25) is 0 Å². The standard InChI is InChI=1S/C16H16N2OS/c1-2-20-16-8-4-7-15(14(16)11-18)19-13-6-3-5-12(9-13)10-17/h3-9H,2,10,17H2,1H3. The normalized spacial score (nSPS) is 10.1. The zero-order valence-electron chi connectivity index (χ0n) is 11.3. The van der Waals surface area contributed by atoms with Gasteiger partial charge in [0.25, 0.3) is 0 Å². The van der Waals surface area contributed by atoms with Gasteiger partial charge in [0.1, 0.15) is 23.1 Å². The first-order chi connectivity index (χ1) is 9.78. The second-order valence-corrected chi connectivity index (χ2v) is 5.43. The molecule has 0 aliphatic heterocycles. The van der Waals surface area contributed by atoms with E-state index in [0.29, 0.717) is 23.6 Å². The average molecular weight is 284 g/mol. The molecule has 0 saturated heterocycles. The summed E-state index contributed by atoms with van der Waals surface area (Å²) in [4.78, 5) is 0.947. The quantitative estimate of drug-likeness (QED) is 0.845. The van der Waals surface area contributed by atoms with Crippen molar-refractivity contribution >= 4 is 11.8 Å². The lowest BCUT2D eigenvalue weighted by atomic mass is 10.2. The fourth-order valence-corrected chi connectivity index (χ4v) is 2.62. The van der Waals surface area contributed by atoms with Crippen LogP contribution in [0.5, 0.6) is 11.5 Å². The summed E-state index contributed by atoms with van der Waals surface area (Å²) < 4.78 is 5.84. The minimum atomic E-state index is 0.466. The van der Waals surface area contributed by atoms with Crippen LogP contribution in [0.2, 0.25) is 0 Å². The van der Waals surface area contributed by atoms with Gasteiger partial charge in [0.15, 0.2) is 0 Å². The van der Waals surface area contributed by atoms with Crippen LogP contribution in [0.25, 0.3) is 0 Å². The molecule has 4 heteroatoms. The van der Waals surface area contributed by atoms with Crippen LogP contribution in [0.15, 0.2) is 47.4 Å². The molecule has 0 aliphatic rings. The minimum Gasteiger partial charge on any atom is -0.456 e. The second-order valence-electron chi connectivity index (χ2n) is 4.13. The van der Waals surface area contributed by atoms with Crippen molar-refractivity contribution in [3.05, 3.63) is 53.6 Å². The van der Waals surface area contributed by atoms with Crippen molar-refractivity contribution in [2.75, 3.05) is 5.75 Å². The highest BCUT2D eigenvalue weighted by Crippen LogP contribution is 2.32. The summed E-state index contributed by atoms with van der Waals surface area (Å²) in [5.41, 5.74) is 7.20. The first kappa shape index (κ1) is 14.4. The fraction of sp³-hybridized carbons (Fsp3) is 0.188. The predicted molar refractivity (Wildman–Crippen MR) is 82.0 cm³/mol. The average Bonchev–Trinajstić information content (AvgIpc) is 2.48. The summed E-state index contributed by atoms with van der Waals surface area (Å²) >= 11 is 1.64. The Morgan fingerprint density at radius 3 is 2.75 bits per heavy atom. The highest BCUT2D eigenvalue weighted by Gasteiger charge is 2.10. The van der Waals surface area contributed by atoms with Crippen LogP contribution in [-0.2, 0) is 6.54 Å². The summed E-state index contributed by atoms with van der Waals surface area (Å²) in [6, 6.07) is 15.5. The lowest BCUT2D eigenvalue weighted by molar-refractivity contribution is 0.479. The van der Waals surface area contributed by atoms with Gasteiger partial charge < -0.3 is 10.5 Å². The third kappa shape index (κ3) is 3.32. The Hall–Kier alpha value is -1.96. The molecule has 0 aromatic heterocycles. The summed E-state index contributed by atoms with van der Waals surface area (Å²) in [5, 5.41) is 9.34. The molecule has 0 atom stereocenters. The number of nitrogens with two attached hydrogens (primary N) is 1. The van der Waals surface area contributed by atoms with Crippen molar-refractivity contribution in [1.29, 1.82) is 5.26 Å². The molecule has 0 amide bonds. The Balaban J connectivity index is 2.33. The molecular formula is C16H16N2OS. The molecule has 0 saturated carbocycles. The van der Waals surface area contributed by atoms with E-state index in [0.717, 1.165) is 16.2 Å². The molecule has 0 unspecified atom stereocenters. The van der Waals surface area contributed by atoms with E-state index in [1.807, 2.05) is 42.5 Å². The van der Waals surface area contributed by atoms with Crippen LogP contribution in [0, 0.1) is 11.3 Å². The zero-order chi connectivity index (χ0) is 14.4. The number of hydrogen-bond acceptors (Lipinski definition) is 4. The molecule has 3 nitrogen and oxygen atoms in total. The SMILES string of the molecule is CCSc1cccc(Oc2cccc(CN)c2)c1C#N. The fourth-order valence-electron chi connectivity index (χ4n) is 1.84. The van der Waals surface area contributed by atoms with E-state index in [9.17, 15) is 5.26 Å². The topological polar surface area (TPSA) is 59.0 Å². The van der Waals surface area contributed by atoms with Gasteiger partial charge in [-0.2, -0.15) is 5.26 Å². The van der Waals surface area contributed by atoms with E-state index < -0.39 is 0 Å². The first-order valence-corrected chi connectivity index (χ1v) is 7.39. The molecular weight excluding hydrogens is 268 g/mol. The van der Waals surface area contributed by atoms with E-state index in [1.165, 1.54) is 0 Å². The monoisotopic (exact) mass is 284 g/mol. The maximum Gasteiger partial charge on any atom is 0.146 e. The Labute approximate surface area is 123 Å². The van der Waals surface area contributed by atoms with Crippen molar-refractivity contribution in [1.82, 2.24) is 0 Å². The minimum absolute atomic E-state index is 0.466. The number of ether oxygens (including phenoxy) is 1. The van der Waals surface area contributed by atoms with Crippen molar-refractivity contribution in [2.45, 2.75) is 18.4 Å². The Bertz CT molecular complexity index is 635. The Kier molecular flexibility index (Phi) is 5.05. The molecule has 0 bridgehead atoms. The third-order valence-corrected chi connectivity index (χ3v) is 3.70. The van der Waals surface area contributed by atoms with E-state index in [1.54, 1.807) is 11.8 Å². The number of benzene rings is 2. The van der Waals surface area contributed by atoms with E-state index in [-0.39, 0.29) is 0 Å². The number of thioether (sulfide) groups is 1. The maximum atomic E-state index is 9.34. The molecule has 0 fully saturated rings. The zero-order valence-corrected chi connectivity index (χ0v) is 12.1. The molecule has 2 rings (SSSR count). The largest absolute Gasteiger partial charge is 0.456 e. The van der Waals surface area contributed by atoms with Crippen LogP contribution >= 0.6 is 11.8 Å². The van der Waals surface area contributed by atoms with Gasteiger partial charge in [0.05, 0.1) is 0 Å². The van der Waals surface area contributed by atoms with E-state index in [4.69, 9.17) is 10.5 Å². The van der Waals surface area contributed by atoms with Gasteiger partial charge in [-0.25, -0.2) is 0 Å². The van der Waals surface area contributed by atoms with Crippen molar-refractivity contribution in [3.8, 4) is 17.6 Å². The second kappa shape index (κ2) is 6.99. The summed E-state index contributed by atoms with van der Waals surface area (Å²) in [6.07, 6.45) is 0. The Morgan fingerprint density at radius 2 is 2.05 bits per heavy atom. The molecule has 20 heavy (non-hydrogen) atoms. The van der Waals surface area contributed by atoms with E-state index >= 15 is 0 Å². The number of rotatable bonds is 5. The summed E-state index contributed by atoms with van der Waals surface area (Å²) in [7, 11) is 0. The third-order valence-electron chi connectivity index (χ3n) is 2.76. The molecule has 0 aliphatic carbocycles. The number of hydrogen-bond donors (Lipinski definition) is 1. The molecule has 2 aromatic rings. The predicted octanol–water partition coefficient (Wildman–Crippen LogP) is 3.92. The van der Waals surface area contributed by atoms with Crippen LogP contribution in [-0.4, -0.2) is 5.75 Å². The van der Waals surface area contributed by atoms with Gasteiger partial charge in [-0.15, -0.1) is 11.8 Å². The van der Waals surface area contributed by atoms with Gasteiger partial charge in [-0.3, -0.25) is 0 Å². The van der Waals surface area contributed by atoms with E-state index in [2.05, 4.69) is 13.0 Å². The molecule has 0 spiro atoms. The number of nitrogens with zero attached hydrogens (tertiary/aromatic N) is 1. The van der Waals surface area contributed by atoms with Crippen LogP contribution < -0.4 is 10.5 Å².